The van der Waals surface area contributed by atoms with Gasteiger partial charge in [-0.3, -0.25) is 4.79 Å². The number of halogens is 2. The van der Waals surface area contributed by atoms with Crippen molar-refractivity contribution >= 4 is 11.6 Å². The Morgan fingerprint density at radius 3 is 2.36 bits per heavy atom. The largest absolute Gasteiger partial charge is 0.321 e. The number of rotatable bonds is 3. The molecule has 0 atom stereocenters. The lowest BCUT2D eigenvalue weighted by Gasteiger charge is -2.04. The zero-order valence-corrected chi connectivity index (χ0v) is 7.76. The molecule has 1 aromatic carbocycles. The normalized spacial score (nSPS) is 10.3. The van der Waals surface area contributed by atoms with Gasteiger partial charge in [0.15, 0.2) is 0 Å². The minimum atomic E-state index is -2.97. The van der Waals surface area contributed by atoms with Gasteiger partial charge in [0.1, 0.15) is 0 Å². The average Bonchev–Trinajstić information content (AvgIpc) is 2.19. The van der Waals surface area contributed by atoms with E-state index in [1.165, 1.54) is 0 Å². The van der Waals surface area contributed by atoms with Crippen molar-refractivity contribution in [2.45, 2.75) is 19.8 Å². The van der Waals surface area contributed by atoms with E-state index < -0.39 is 12.3 Å². The van der Waals surface area contributed by atoms with E-state index in [4.69, 9.17) is 0 Å². The van der Waals surface area contributed by atoms with E-state index in [2.05, 4.69) is 5.32 Å². The Hall–Kier alpha value is -1.45. The minimum absolute atomic E-state index is 0.396. The molecular formula is C10H11F2NO. The predicted molar refractivity (Wildman–Crippen MR) is 50.5 cm³/mol. The number of carbonyl (C=O) groups is 1. The van der Waals surface area contributed by atoms with Gasteiger partial charge in [-0.25, -0.2) is 0 Å². The molecule has 0 aliphatic rings. The number of alkyl halides is 2. The summed E-state index contributed by atoms with van der Waals surface area (Å²) in [6.45, 7) is 1.99. The maximum atomic E-state index is 11.8. The van der Waals surface area contributed by atoms with Crippen LogP contribution in [0.3, 0.4) is 0 Å². The summed E-state index contributed by atoms with van der Waals surface area (Å²) in [6.07, 6.45) is -2.09. The molecule has 0 fully saturated rings. The van der Waals surface area contributed by atoms with Gasteiger partial charge in [0, 0.05) is 5.69 Å². The van der Waals surface area contributed by atoms with Crippen LogP contribution in [0, 0.1) is 0 Å². The highest BCUT2D eigenvalue weighted by Gasteiger charge is 2.14. The molecule has 1 aromatic rings. The molecule has 0 bridgehead atoms. The summed E-state index contributed by atoms with van der Waals surface area (Å²) in [5.41, 5.74) is 1.49. The van der Waals surface area contributed by atoms with Crippen molar-refractivity contribution in [3.05, 3.63) is 29.8 Å². The highest BCUT2D eigenvalue weighted by Crippen LogP contribution is 2.10. The van der Waals surface area contributed by atoms with E-state index in [1.54, 1.807) is 24.3 Å². The predicted octanol–water partition coefficient (Wildman–Crippen LogP) is 2.45. The SMILES string of the molecule is CCc1ccc(NC(=O)C(F)F)cc1. The minimum Gasteiger partial charge on any atom is -0.321 e. The number of hydrogen-bond donors (Lipinski definition) is 1. The quantitative estimate of drug-likeness (QED) is 0.795. The van der Waals surface area contributed by atoms with Gasteiger partial charge in [-0.2, -0.15) is 8.78 Å². The van der Waals surface area contributed by atoms with Gasteiger partial charge < -0.3 is 5.32 Å². The molecule has 0 aliphatic heterocycles. The molecule has 0 spiro atoms. The molecule has 0 aliphatic carbocycles. The number of anilines is 1. The lowest BCUT2D eigenvalue weighted by atomic mass is 10.1. The summed E-state index contributed by atoms with van der Waals surface area (Å²) in [6, 6.07) is 6.81. The summed E-state index contributed by atoms with van der Waals surface area (Å²) in [4.78, 5) is 10.6. The number of benzene rings is 1. The average molecular weight is 199 g/mol. The monoisotopic (exact) mass is 199 g/mol. The van der Waals surface area contributed by atoms with Crippen molar-refractivity contribution < 1.29 is 13.6 Å². The number of nitrogens with one attached hydrogen (secondary N) is 1. The van der Waals surface area contributed by atoms with Crippen molar-refractivity contribution in [3.63, 3.8) is 0 Å². The third-order valence-electron chi connectivity index (χ3n) is 1.83. The van der Waals surface area contributed by atoms with Gasteiger partial charge in [-0.15, -0.1) is 0 Å². The third kappa shape index (κ3) is 2.80. The summed E-state index contributed by atoms with van der Waals surface area (Å²) in [5, 5.41) is 2.10. The molecule has 0 aromatic heterocycles. The van der Waals surface area contributed by atoms with Crippen LogP contribution in [0.15, 0.2) is 24.3 Å². The van der Waals surface area contributed by atoms with Crippen LogP contribution in [0.2, 0.25) is 0 Å². The van der Waals surface area contributed by atoms with Crippen molar-refractivity contribution in [2.75, 3.05) is 5.32 Å². The van der Waals surface area contributed by atoms with E-state index >= 15 is 0 Å². The molecule has 76 valence electrons. The lowest BCUT2D eigenvalue weighted by Crippen LogP contribution is -2.19. The van der Waals surface area contributed by atoms with Gasteiger partial charge in [0.05, 0.1) is 0 Å². The Kier molecular flexibility index (Phi) is 3.56. The number of hydrogen-bond acceptors (Lipinski definition) is 1. The summed E-state index contributed by atoms with van der Waals surface area (Å²) >= 11 is 0. The molecule has 14 heavy (non-hydrogen) atoms. The first kappa shape index (κ1) is 10.6. The van der Waals surface area contributed by atoms with Crippen LogP contribution < -0.4 is 5.32 Å². The van der Waals surface area contributed by atoms with Gasteiger partial charge in [-0.1, -0.05) is 19.1 Å². The van der Waals surface area contributed by atoms with Crippen LogP contribution in [0.25, 0.3) is 0 Å². The summed E-state index contributed by atoms with van der Waals surface area (Å²) < 4.78 is 23.7. The Morgan fingerprint density at radius 2 is 1.93 bits per heavy atom. The number of amides is 1. The number of carbonyl (C=O) groups excluding carboxylic acids is 1. The Balaban J connectivity index is 2.64. The molecule has 1 N–H and O–H groups in total. The highest BCUT2D eigenvalue weighted by molar-refractivity contribution is 5.92. The third-order valence-corrected chi connectivity index (χ3v) is 1.83. The van der Waals surface area contributed by atoms with Gasteiger partial charge in [0.2, 0.25) is 0 Å². The number of aryl methyl sites for hydroxylation is 1. The maximum Gasteiger partial charge on any atom is 0.315 e. The standard InChI is InChI=1S/C10H11F2NO/c1-2-7-3-5-8(6-4-7)13-10(14)9(11)12/h3-6,9H,2H2,1H3,(H,13,14). The Bertz CT molecular complexity index is 308. The van der Waals surface area contributed by atoms with Gasteiger partial charge in [-0.05, 0) is 24.1 Å². The zero-order chi connectivity index (χ0) is 10.6. The van der Waals surface area contributed by atoms with Crippen LogP contribution in [0.1, 0.15) is 12.5 Å². The van der Waals surface area contributed by atoms with E-state index in [9.17, 15) is 13.6 Å². The lowest BCUT2D eigenvalue weighted by molar-refractivity contribution is -0.126. The fraction of sp³-hybridized carbons (Fsp3) is 0.300. The van der Waals surface area contributed by atoms with E-state index in [0.717, 1.165) is 12.0 Å². The first-order chi connectivity index (χ1) is 6.63. The molecule has 0 radical (unpaired) electrons. The molecule has 1 amide bonds. The Morgan fingerprint density at radius 1 is 1.36 bits per heavy atom. The molecule has 0 saturated carbocycles. The zero-order valence-electron chi connectivity index (χ0n) is 7.76. The highest BCUT2D eigenvalue weighted by atomic mass is 19.3. The van der Waals surface area contributed by atoms with E-state index in [-0.39, 0.29) is 0 Å². The fourth-order valence-electron chi connectivity index (χ4n) is 1.02. The molecule has 2 nitrogen and oxygen atoms in total. The summed E-state index contributed by atoms with van der Waals surface area (Å²) in [7, 11) is 0. The second-order valence-electron chi connectivity index (χ2n) is 2.84. The molecule has 0 heterocycles. The topological polar surface area (TPSA) is 29.1 Å². The van der Waals surface area contributed by atoms with Crippen LogP contribution in [0.4, 0.5) is 14.5 Å². The molecule has 0 saturated heterocycles. The van der Waals surface area contributed by atoms with Gasteiger partial charge in [0.25, 0.3) is 5.91 Å². The van der Waals surface area contributed by atoms with Crippen LogP contribution in [-0.4, -0.2) is 12.3 Å². The van der Waals surface area contributed by atoms with Gasteiger partial charge >= 0.3 is 6.43 Å². The molecule has 0 unspecified atom stereocenters. The smallest absolute Gasteiger partial charge is 0.315 e. The van der Waals surface area contributed by atoms with Crippen molar-refractivity contribution in [1.29, 1.82) is 0 Å². The first-order valence-corrected chi connectivity index (χ1v) is 4.31. The second kappa shape index (κ2) is 4.69. The summed E-state index contributed by atoms with van der Waals surface area (Å²) in [5.74, 6) is -1.27. The molecular weight excluding hydrogens is 188 g/mol. The fourth-order valence-corrected chi connectivity index (χ4v) is 1.02. The van der Waals surface area contributed by atoms with Crippen LogP contribution in [-0.2, 0) is 11.2 Å². The van der Waals surface area contributed by atoms with E-state index in [1.807, 2.05) is 6.92 Å². The first-order valence-electron chi connectivity index (χ1n) is 4.31. The maximum absolute atomic E-state index is 11.8. The molecule has 1 rings (SSSR count). The van der Waals surface area contributed by atoms with Crippen molar-refractivity contribution in [3.8, 4) is 0 Å². The van der Waals surface area contributed by atoms with Crippen LogP contribution >= 0.6 is 0 Å². The molecule has 4 heteroatoms. The van der Waals surface area contributed by atoms with Crippen molar-refractivity contribution in [2.24, 2.45) is 0 Å². The second-order valence-corrected chi connectivity index (χ2v) is 2.84. The van der Waals surface area contributed by atoms with Crippen LogP contribution in [0.5, 0.6) is 0 Å². The van der Waals surface area contributed by atoms with E-state index in [0.29, 0.717) is 5.69 Å². The Labute approximate surface area is 80.9 Å². The van der Waals surface area contributed by atoms with Crippen molar-refractivity contribution in [1.82, 2.24) is 0 Å².